The van der Waals surface area contributed by atoms with Crippen LogP contribution in [0.25, 0.3) is 0 Å². The summed E-state index contributed by atoms with van der Waals surface area (Å²) in [6.45, 7) is 4.28. The van der Waals surface area contributed by atoms with Gasteiger partial charge in [-0.25, -0.2) is 8.42 Å². The van der Waals surface area contributed by atoms with Crippen LogP contribution in [0.3, 0.4) is 0 Å². The van der Waals surface area contributed by atoms with Gasteiger partial charge in [-0.2, -0.15) is 0 Å². The average molecular weight is 284 g/mol. The van der Waals surface area contributed by atoms with Crippen molar-refractivity contribution in [1.29, 1.82) is 0 Å². The summed E-state index contributed by atoms with van der Waals surface area (Å²) < 4.78 is 24.4. The Kier molecular flexibility index (Phi) is 5.50. The average Bonchev–Trinajstić information content (AvgIpc) is 2.38. The van der Waals surface area contributed by atoms with Crippen molar-refractivity contribution in [1.82, 2.24) is 10.6 Å². The SMILES string of the molecule is CNCCNC(=O)c1ccccc1S(=O)(=O)C(C)C. The minimum atomic E-state index is -3.46. The molecule has 0 saturated heterocycles. The Balaban J connectivity index is 3.06. The molecule has 0 bridgehead atoms. The minimum Gasteiger partial charge on any atom is -0.351 e. The van der Waals surface area contributed by atoms with Crippen LogP contribution in [0.5, 0.6) is 0 Å². The monoisotopic (exact) mass is 284 g/mol. The van der Waals surface area contributed by atoms with E-state index in [0.717, 1.165) is 0 Å². The molecule has 6 heteroatoms. The van der Waals surface area contributed by atoms with E-state index in [0.29, 0.717) is 13.1 Å². The number of hydrogen-bond donors (Lipinski definition) is 2. The molecule has 0 fully saturated rings. The number of sulfone groups is 1. The van der Waals surface area contributed by atoms with Gasteiger partial charge in [0.1, 0.15) is 0 Å². The molecule has 0 heterocycles. The normalized spacial score (nSPS) is 11.6. The molecular formula is C13H20N2O3S. The van der Waals surface area contributed by atoms with Gasteiger partial charge in [0.2, 0.25) is 0 Å². The molecule has 0 aliphatic heterocycles. The van der Waals surface area contributed by atoms with Gasteiger partial charge < -0.3 is 10.6 Å². The Hall–Kier alpha value is -1.40. The number of carbonyl (C=O) groups is 1. The molecule has 0 spiro atoms. The largest absolute Gasteiger partial charge is 0.351 e. The van der Waals surface area contributed by atoms with Crippen molar-refractivity contribution in [3.8, 4) is 0 Å². The quantitative estimate of drug-likeness (QED) is 0.758. The second-order valence-electron chi connectivity index (χ2n) is 4.45. The van der Waals surface area contributed by atoms with Crippen LogP contribution in [0.15, 0.2) is 29.2 Å². The molecule has 1 aromatic carbocycles. The van der Waals surface area contributed by atoms with E-state index in [2.05, 4.69) is 10.6 Å². The van der Waals surface area contributed by atoms with Gasteiger partial charge in [0.25, 0.3) is 5.91 Å². The highest BCUT2D eigenvalue weighted by Crippen LogP contribution is 2.20. The fraction of sp³-hybridized carbons (Fsp3) is 0.462. The number of benzene rings is 1. The van der Waals surface area contributed by atoms with Gasteiger partial charge in [0.05, 0.1) is 15.7 Å². The number of rotatable bonds is 6. The van der Waals surface area contributed by atoms with E-state index in [9.17, 15) is 13.2 Å². The summed E-state index contributed by atoms with van der Waals surface area (Å²) in [7, 11) is -1.68. The maximum Gasteiger partial charge on any atom is 0.252 e. The summed E-state index contributed by atoms with van der Waals surface area (Å²) in [6, 6.07) is 6.29. The number of amides is 1. The van der Waals surface area contributed by atoms with Gasteiger partial charge in [0, 0.05) is 13.1 Å². The van der Waals surface area contributed by atoms with Gasteiger partial charge in [0.15, 0.2) is 9.84 Å². The van der Waals surface area contributed by atoms with Crippen molar-refractivity contribution in [2.45, 2.75) is 24.0 Å². The summed E-state index contributed by atoms with van der Waals surface area (Å²) in [5, 5.41) is 5.03. The van der Waals surface area contributed by atoms with Gasteiger partial charge in [-0.3, -0.25) is 4.79 Å². The Labute approximate surface area is 114 Å². The van der Waals surface area contributed by atoms with Crippen LogP contribution >= 0.6 is 0 Å². The van der Waals surface area contributed by atoms with Crippen LogP contribution in [-0.2, 0) is 9.84 Å². The minimum absolute atomic E-state index is 0.0898. The smallest absolute Gasteiger partial charge is 0.252 e. The molecule has 0 aromatic heterocycles. The Morgan fingerprint density at radius 1 is 1.21 bits per heavy atom. The molecule has 0 aliphatic rings. The van der Waals surface area contributed by atoms with E-state index in [1.807, 2.05) is 0 Å². The van der Waals surface area contributed by atoms with E-state index < -0.39 is 15.1 Å². The first kappa shape index (κ1) is 15.7. The maximum atomic E-state index is 12.2. The van der Waals surface area contributed by atoms with Crippen molar-refractivity contribution in [2.75, 3.05) is 20.1 Å². The zero-order chi connectivity index (χ0) is 14.5. The predicted octanol–water partition coefficient (Wildman–Crippen LogP) is 0.818. The maximum absolute atomic E-state index is 12.2. The zero-order valence-electron chi connectivity index (χ0n) is 11.4. The topological polar surface area (TPSA) is 75.3 Å². The predicted molar refractivity (Wildman–Crippen MR) is 75.0 cm³/mol. The summed E-state index contributed by atoms with van der Waals surface area (Å²) in [4.78, 5) is 12.1. The lowest BCUT2D eigenvalue weighted by Crippen LogP contribution is -2.31. The highest BCUT2D eigenvalue weighted by molar-refractivity contribution is 7.92. The summed E-state index contributed by atoms with van der Waals surface area (Å²) in [6.07, 6.45) is 0. The Morgan fingerprint density at radius 3 is 2.42 bits per heavy atom. The van der Waals surface area contributed by atoms with Crippen molar-refractivity contribution in [2.24, 2.45) is 0 Å². The standard InChI is InChI=1S/C13H20N2O3S/c1-10(2)19(17,18)12-7-5-4-6-11(12)13(16)15-9-8-14-3/h4-7,10,14H,8-9H2,1-3H3,(H,15,16). The molecule has 0 aliphatic carbocycles. The van der Waals surface area contributed by atoms with Gasteiger partial charge in [-0.15, -0.1) is 0 Å². The molecule has 0 saturated carbocycles. The molecule has 1 rings (SSSR count). The fourth-order valence-corrected chi connectivity index (χ4v) is 2.80. The lowest BCUT2D eigenvalue weighted by atomic mass is 10.2. The van der Waals surface area contributed by atoms with Gasteiger partial charge in [-0.05, 0) is 33.0 Å². The lowest BCUT2D eigenvalue weighted by molar-refractivity contribution is 0.0951. The number of hydrogen-bond acceptors (Lipinski definition) is 4. The molecular weight excluding hydrogens is 264 g/mol. The second-order valence-corrected chi connectivity index (χ2v) is 6.92. The third kappa shape index (κ3) is 3.78. The Bertz CT molecular complexity index is 539. The summed E-state index contributed by atoms with van der Waals surface area (Å²) >= 11 is 0. The van der Waals surface area contributed by atoms with Crippen LogP contribution in [-0.4, -0.2) is 39.7 Å². The van der Waals surface area contributed by atoms with Crippen molar-refractivity contribution >= 4 is 15.7 Å². The van der Waals surface area contributed by atoms with Crippen molar-refractivity contribution < 1.29 is 13.2 Å². The molecule has 2 N–H and O–H groups in total. The molecule has 0 radical (unpaired) electrons. The third-order valence-corrected chi connectivity index (χ3v) is 4.93. The molecule has 0 atom stereocenters. The van der Waals surface area contributed by atoms with Crippen molar-refractivity contribution in [3.05, 3.63) is 29.8 Å². The van der Waals surface area contributed by atoms with E-state index in [1.165, 1.54) is 12.1 Å². The van der Waals surface area contributed by atoms with E-state index in [1.54, 1.807) is 33.0 Å². The Morgan fingerprint density at radius 2 is 1.84 bits per heavy atom. The van der Waals surface area contributed by atoms with Gasteiger partial charge >= 0.3 is 0 Å². The third-order valence-electron chi connectivity index (χ3n) is 2.72. The zero-order valence-corrected chi connectivity index (χ0v) is 12.3. The molecule has 0 unspecified atom stereocenters. The number of nitrogens with one attached hydrogen (secondary N) is 2. The van der Waals surface area contributed by atoms with E-state index >= 15 is 0 Å². The summed E-state index contributed by atoms with van der Waals surface area (Å²) in [5.41, 5.74) is 0.201. The molecule has 106 valence electrons. The van der Waals surface area contributed by atoms with Gasteiger partial charge in [-0.1, -0.05) is 12.1 Å². The molecule has 19 heavy (non-hydrogen) atoms. The van der Waals surface area contributed by atoms with Crippen LogP contribution < -0.4 is 10.6 Å². The highest BCUT2D eigenvalue weighted by atomic mass is 32.2. The van der Waals surface area contributed by atoms with Crippen LogP contribution in [0.2, 0.25) is 0 Å². The molecule has 1 amide bonds. The van der Waals surface area contributed by atoms with E-state index in [-0.39, 0.29) is 16.4 Å². The first-order valence-electron chi connectivity index (χ1n) is 6.17. The van der Waals surface area contributed by atoms with Crippen LogP contribution in [0.4, 0.5) is 0 Å². The van der Waals surface area contributed by atoms with E-state index in [4.69, 9.17) is 0 Å². The fourth-order valence-electron chi connectivity index (χ4n) is 1.55. The van der Waals surface area contributed by atoms with Crippen LogP contribution in [0, 0.1) is 0 Å². The molecule has 5 nitrogen and oxygen atoms in total. The lowest BCUT2D eigenvalue weighted by Gasteiger charge is -2.12. The summed E-state index contributed by atoms with van der Waals surface area (Å²) in [5.74, 6) is -0.366. The molecule has 1 aromatic rings. The highest BCUT2D eigenvalue weighted by Gasteiger charge is 2.24. The van der Waals surface area contributed by atoms with Crippen molar-refractivity contribution in [3.63, 3.8) is 0 Å². The number of likely N-dealkylation sites (N-methyl/N-ethyl adjacent to an activating group) is 1. The first-order chi connectivity index (χ1) is 8.91. The number of carbonyl (C=O) groups excluding carboxylic acids is 1. The second kappa shape index (κ2) is 6.68. The first-order valence-corrected chi connectivity index (χ1v) is 7.71. The van der Waals surface area contributed by atoms with Crippen LogP contribution in [0.1, 0.15) is 24.2 Å².